The van der Waals surface area contributed by atoms with Crippen molar-refractivity contribution in [2.45, 2.75) is 53.4 Å². The van der Waals surface area contributed by atoms with Crippen LogP contribution in [-0.2, 0) is 0 Å². The Labute approximate surface area is 174 Å². The van der Waals surface area contributed by atoms with Crippen LogP contribution in [-0.4, -0.2) is 26.4 Å². The van der Waals surface area contributed by atoms with Crippen LogP contribution in [0.5, 0.6) is 34.5 Å². The van der Waals surface area contributed by atoms with Crippen molar-refractivity contribution in [2.24, 2.45) is 0 Å². The molecule has 0 amide bonds. The number of benzene rings is 2. The minimum atomic E-state index is 0.645. The van der Waals surface area contributed by atoms with Crippen molar-refractivity contribution in [3.8, 4) is 34.5 Å². The van der Waals surface area contributed by atoms with Crippen molar-refractivity contribution in [3.05, 3.63) is 36.4 Å². The van der Waals surface area contributed by atoms with E-state index >= 15 is 0 Å². The van der Waals surface area contributed by atoms with Gasteiger partial charge in [0.25, 0.3) is 0 Å². The van der Waals surface area contributed by atoms with Crippen LogP contribution in [0.1, 0.15) is 53.4 Å². The van der Waals surface area contributed by atoms with Crippen molar-refractivity contribution >= 4 is 0 Å². The van der Waals surface area contributed by atoms with E-state index in [9.17, 15) is 0 Å². The summed E-state index contributed by atoms with van der Waals surface area (Å²) in [4.78, 5) is 0. The van der Waals surface area contributed by atoms with E-state index < -0.39 is 0 Å². The summed E-state index contributed by atoms with van der Waals surface area (Å²) in [5.41, 5.74) is 0. The van der Waals surface area contributed by atoms with Crippen LogP contribution < -0.4 is 23.7 Å². The first-order valence-corrected chi connectivity index (χ1v) is 10.7. The monoisotopic (exact) mass is 402 g/mol. The van der Waals surface area contributed by atoms with Gasteiger partial charge in [0, 0.05) is 36.4 Å². The van der Waals surface area contributed by atoms with Crippen molar-refractivity contribution < 1.29 is 23.7 Å². The normalized spacial score (nSPS) is 10.5. The molecule has 160 valence electrons. The fraction of sp³-hybridized carbons (Fsp3) is 0.500. The average molecular weight is 403 g/mol. The quantitative estimate of drug-likeness (QED) is 0.355. The molecule has 0 spiro atoms. The summed E-state index contributed by atoms with van der Waals surface area (Å²) in [7, 11) is 0. The minimum absolute atomic E-state index is 0.645. The first-order chi connectivity index (χ1) is 14.2. The Kier molecular flexibility index (Phi) is 10.0. The van der Waals surface area contributed by atoms with Gasteiger partial charge in [0.2, 0.25) is 0 Å². The first kappa shape index (κ1) is 22.7. The number of rotatable bonds is 14. The molecule has 0 saturated carbocycles. The highest BCUT2D eigenvalue weighted by Crippen LogP contribution is 2.35. The van der Waals surface area contributed by atoms with E-state index in [1.807, 2.05) is 36.4 Å². The molecule has 2 aromatic carbocycles. The zero-order valence-corrected chi connectivity index (χ0v) is 18.2. The van der Waals surface area contributed by atoms with Crippen molar-refractivity contribution in [3.63, 3.8) is 0 Å². The molecule has 0 unspecified atom stereocenters. The second-order valence-corrected chi connectivity index (χ2v) is 6.78. The fourth-order valence-corrected chi connectivity index (χ4v) is 2.56. The maximum Gasteiger partial charge on any atom is 0.134 e. The van der Waals surface area contributed by atoms with Crippen molar-refractivity contribution in [1.29, 1.82) is 0 Å². The smallest absolute Gasteiger partial charge is 0.134 e. The zero-order chi connectivity index (χ0) is 20.9. The summed E-state index contributed by atoms with van der Waals surface area (Å²) < 4.78 is 29.3. The second-order valence-electron chi connectivity index (χ2n) is 6.78. The van der Waals surface area contributed by atoms with Gasteiger partial charge in [-0.05, 0) is 25.7 Å². The highest BCUT2D eigenvalue weighted by molar-refractivity contribution is 5.47. The van der Waals surface area contributed by atoms with Gasteiger partial charge in [-0.2, -0.15) is 0 Å². The Bertz CT molecular complexity index is 615. The minimum Gasteiger partial charge on any atom is -0.493 e. The van der Waals surface area contributed by atoms with E-state index in [0.717, 1.165) is 48.7 Å². The van der Waals surface area contributed by atoms with Crippen molar-refractivity contribution in [1.82, 2.24) is 0 Å². The molecular formula is C24H34O5. The summed E-state index contributed by atoms with van der Waals surface area (Å²) >= 11 is 0. The van der Waals surface area contributed by atoms with E-state index in [-0.39, 0.29) is 0 Å². The molecule has 0 aliphatic heterocycles. The Hall–Kier alpha value is -2.56. The summed E-state index contributed by atoms with van der Waals surface area (Å²) in [5.74, 6) is 4.23. The van der Waals surface area contributed by atoms with Gasteiger partial charge in [-0.15, -0.1) is 0 Å². The SMILES string of the molecule is CCCOc1cc(OCCC)cc(Oc2cc(OCCC)cc(OCCC)c2)c1. The number of ether oxygens (including phenoxy) is 5. The van der Waals surface area contributed by atoms with Crippen LogP contribution in [0, 0.1) is 0 Å². The molecule has 0 radical (unpaired) electrons. The molecule has 0 atom stereocenters. The Morgan fingerprint density at radius 1 is 0.414 bits per heavy atom. The first-order valence-electron chi connectivity index (χ1n) is 10.7. The molecule has 0 fully saturated rings. The van der Waals surface area contributed by atoms with Gasteiger partial charge < -0.3 is 23.7 Å². The molecule has 0 N–H and O–H groups in total. The lowest BCUT2D eigenvalue weighted by molar-refractivity contribution is 0.296. The maximum atomic E-state index is 6.14. The van der Waals surface area contributed by atoms with Crippen LogP contribution >= 0.6 is 0 Å². The highest BCUT2D eigenvalue weighted by Gasteiger charge is 2.09. The molecule has 5 heteroatoms. The average Bonchev–Trinajstić information content (AvgIpc) is 2.73. The zero-order valence-electron chi connectivity index (χ0n) is 18.2. The van der Waals surface area contributed by atoms with Gasteiger partial charge in [0.15, 0.2) is 0 Å². The predicted molar refractivity (Wildman–Crippen MR) is 116 cm³/mol. The van der Waals surface area contributed by atoms with Gasteiger partial charge in [-0.25, -0.2) is 0 Å². The highest BCUT2D eigenvalue weighted by atomic mass is 16.5. The van der Waals surface area contributed by atoms with E-state index in [2.05, 4.69) is 27.7 Å². The molecule has 0 saturated heterocycles. The molecule has 0 aromatic heterocycles. The second kappa shape index (κ2) is 12.8. The lowest BCUT2D eigenvalue weighted by Gasteiger charge is -2.15. The molecular weight excluding hydrogens is 368 g/mol. The van der Waals surface area contributed by atoms with E-state index in [4.69, 9.17) is 23.7 Å². The summed E-state index contributed by atoms with van der Waals surface area (Å²) in [6.07, 6.45) is 3.74. The van der Waals surface area contributed by atoms with Crippen LogP contribution in [0.25, 0.3) is 0 Å². The van der Waals surface area contributed by atoms with Crippen LogP contribution in [0.3, 0.4) is 0 Å². The Morgan fingerprint density at radius 2 is 0.655 bits per heavy atom. The van der Waals surface area contributed by atoms with E-state index in [1.54, 1.807) is 0 Å². The third-order valence-electron chi connectivity index (χ3n) is 3.83. The third-order valence-corrected chi connectivity index (χ3v) is 3.83. The molecule has 2 aromatic rings. The molecule has 0 bridgehead atoms. The van der Waals surface area contributed by atoms with Crippen LogP contribution in [0.15, 0.2) is 36.4 Å². The van der Waals surface area contributed by atoms with Gasteiger partial charge in [0.05, 0.1) is 26.4 Å². The van der Waals surface area contributed by atoms with Gasteiger partial charge >= 0.3 is 0 Å². The molecule has 0 aliphatic rings. The Morgan fingerprint density at radius 3 is 0.897 bits per heavy atom. The van der Waals surface area contributed by atoms with Crippen LogP contribution in [0.4, 0.5) is 0 Å². The van der Waals surface area contributed by atoms with Crippen LogP contribution in [0.2, 0.25) is 0 Å². The van der Waals surface area contributed by atoms with Gasteiger partial charge in [-0.1, -0.05) is 27.7 Å². The maximum absolute atomic E-state index is 6.14. The molecule has 0 aliphatic carbocycles. The lowest BCUT2D eigenvalue weighted by Crippen LogP contribution is -2.00. The summed E-state index contributed by atoms with van der Waals surface area (Å²) in [5, 5.41) is 0. The fourth-order valence-electron chi connectivity index (χ4n) is 2.56. The van der Waals surface area contributed by atoms with E-state index in [1.165, 1.54) is 0 Å². The molecule has 5 nitrogen and oxygen atoms in total. The topological polar surface area (TPSA) is 46.2 Å². The standard InChI is InChI=1S/C24H34O5/c1-5-9-25-19-13-20(26-10-6-2)16-23(15-19)29-24-17-21(27-11-7-3)14-22(18-24)28-12-8-4/h13-18H,5-12H2,1-4H3. The number of hydrogen-bond acceptors (Lipinski definition) is 5. The number of hydrogen-bond donors (Lipinski definition) is 0. The molecule has 0 heterocycles. The van der Waals surface area contributed by atoms with E-state index in [0.29, 0.717) is 37.9 Å². The Balaban J connectivity index is 2.26. The third kappa shape index (κ3) is 8.14. The lowest BCUT2D eigenvalue weighted by atomic mass is 10.2. The van der Waals surface area contributed by atoms with Crippen molar-refractivity contribution in [2.75, 3.05) is 26.4 Å². The largest absolute Gasteiger partial charge is 0.493 e. The molecule has 2 rings (SSSR count). The molecule has 29 heavy (non-hydrogen) atoms. The predicted octanol–water partition coefficient (Wildman–Crippen LogP) is 6.63. The summed E-state index contributed by atoms with van der Waals surface area (Å²) in [6.45, 7) is 10.9. The van der Waals surface area contributed by atoms with Gasteiger partial charge in [-0.3, -0.25) is 0 Å². The van der Waals surface area contributed by atoms with Gasteiger partial charge in [0.1, 0.15) is 34.5 Å². The summed E-state index contributed by atoms with van der Waals surface area (Å²) in [6, 6.07) is 11.3.